The lowest BCUT2D eigenvalue weighted by Gasteiger charge is -2.03. The molecule has 1 aromatic heterocycles. The molecule has 5 aromatic rings. The van der Waals surface area contributed by atoms with E-state index in [4.69, 9.17) is 6.42 Å². The van der Waals surface area contributed by atoms with E-state index < -0.39 is 0 Å². The number of thiophene rings is 1. The first-order valence-electron chi connectivity index (χ1n) is 8.76. The predicted octanol–water partition coefficient (Wildman–Crippen LogP) is 6.59. The zero-order valence-electron chi connectivity index (χ0n) is 14.5. The van der Waals surface area contributed by atoms with Crippen molar-refractivity contribution < 1.29 is 0 Å². The van der Waals surface area contributed by atoms with Crippen LogP contribution in [0.2, 0.25) is 0 Å². The molecule has 5 rings (SSSR count). The molecule has 0 aliphatic carbocycles. The zero-order valence-corrected chi connectivity index (χ0v) is 15.3. The number of hydrogen-bond donors (Lipinski definition) is 0. The third-order valence-electron chi connectivity index (χ3n) is 4.80. The van der Waals surface area contributed by atoms with Gasteiger partial charge in [0.15, 0.2) is 0 Å². The molecule has 0 amide bonds. The van der Waals surface area contributed by atoms with Crippen molar-refractivity contribution in [2.45, 2.75) is 0 Å². The number of fused-ring (bicyclic) bond motifs is 4. The molecule has 1 heterocycles. The Hall–Kier alpha value is -3.52. The summed E-state index contributed by atoms with van der Waals surface area (Å²) in [7, 11) is 0. The van der Waals surface area contributed by atoms with Gasteiger partial charge < -0.3 is 0 Å². The monoisotopic (exact) mass is 358 g/mol. The van der Waals surface area contributed by atoms with Gasteiger partial charge in [-0.15, -0.1) is 17.8 Å². The molecule has 0 atom stereocenters. The number of hydrogen-bond acceptors (Lipinski definition) is 1. The fourth-order valence-corrected chi connectivity index (χ4v) is 4.72. The Labute approximate surface area is 162 Å². The first-order valence-corrected chi connectivity index (χ1v) is 9.57. The quantitative estimate of drug-likeness (QED) is 0.274. The molecule has 1 heteroatoms. The molecule has 0 saturated carbocycles. The van der Waals surface area contributed by atoms with Gasteiger partial charge in [-0.05, 0) is 29.7 Å². The summed E-state index contributed by atoms with van der Waals surface area (Å²) in [5.74, 6) is 9.57. The Balaban J connectivity index is 1.74. The Morgan fingerprint density at radius 1 is 0.630 bits per heavy atom. The van der Waals surface area contributed by atoms with Crippen LogP contribution in [0.4, 0.5) is 0 Å². The Morgan fingerprint density at radius 3 is 2.15 bits per heavy atom. The first-order chi connectivity index (χ1) is 13.3. The molecule has 0 nitrogen and oxygen atoms in total. The lowest BCUT2D eigenvalue weighted by molar-refractivity contribution is 1.67. The largest absolute Gasteiger partial charge is 0.134 e. The van der Waals surface area contributed by atoms with Gasteiger partial charge in [-0.3, -0.25) is 0 Å². The molecule has 0 bridgehead atoms. The van der Waals surface area contributed by atoms with Crippen LogP contribution < -0.4 is 0 Å². The van der Waals surface area contributed by atoms with Crippen molar-refractivity contribution in [3.8, 4) is 24.2 Å². The molecule has 0 fully saturated rings. The Bertz CT molecular complexity index is 1430. The van der Waals surface area contributed by atoms with Crippen LogP contribution in [0.15, 0.2) is 78.9 Å². The maximum absolute atomic E-state index is 5.71. The van der Waals surface area contributed by atoms with Crippen LogP contribution in [0.5, 0.6) is 0 Å². The van der Waals surface area contributed by atoms with Crippen molar-refractivity contribution >= 4 is 42.3 Å². The average molecular weight is 358 g/mol. The van der Waals surface area contributed by atoms with Crippen molar-refractivity contribution in [2.75, 3.05) is 0 Å². The van der Waals surface area contributed by atoms with Crippen LogP contribution in [0.25, 0.3) is 30.9 Å². The molecule has 0 aliphatic rings. The normalized spacial score (nSPS) is 10.6. The van der Waals surface area contributed by atoms with Crippen molar-refractivity contribution in [1.82, 2.24) is 0 Å². The summed E-state index contributed by atoms with van der Waals surface area (Å²) >= 11 is 1.80. The highest BCUT2D eigenvalue weighted by molar-refractivity contribution is 7.26. The van der Waals surface area contributed by atoms with Gasteiger partial charge >= 0.3 is 0 Å². The van der Waals surface area contributed by atoms with E-state index in [9.17, 15) is 0 Å². The molecule has 0 spiro atoms. The summed E-state index contributed by atoms with van der Waals surface area (Å²) in [5.41, 5.74) is 2.92. The van der Waals surface area contributed by atoms with E-state index in [0.29, 0.717) is 0 Å². The number of terminal acetylenes is 1. The van der Waals surface area contributed by atoms with E-state index in [1.54, 1.807) is 11.3 Å². The van der Waals surface area contributed by atoms with Gasteiger partial charge in [-0.25, -0.2) is 0 Å². The second kappa shape index (κ2) is 6.33. The average Bonchev–Trinajstić information content (AvgIpc) is 3.11. The Kier molecular flexibility index (Phi) is 3.68. The molecule has 0 radical (unpaired) electrons. The van der Waals surface area contributed by atoms with E-state index >= 15 is 0 Å². The van der Waals surface area contributed by atoms with Crippen LogP contribution >= 0.6 is 11.3 Å². The van der Waals surface area contributed by atoms with Crippen molar-refractivity contribution in [1.29, 1.82) is 0 Å². The molecule has 27 heavy (non-hydrogen) atoms. The second-order valence-electron chi connectivity index (χ2n) is 6.38. The van der Waals surface area contributed by atoms with Gasteiger partial charge in [0, 0.05) is 37.5 Å². The molecule has 0 unspecified atom stereocenters. The standard InChI is InChI=1S/C26H14S/c1-2-18-8-5-9-19-10-6-11-20(25(18)19)16-17-21-12-7-14-23-22-13-3-4-15-24(22)27-26(21)23/h1,3-15H. The molecule has 124 valence electrons. The van der Waals surface area contributed by atoms with E-state index in [1.807, 2.05) is 24.3 Å². The molecule has 0 N–H and O–H groups in total. The van der Waals surface area contributed by atoms with Crippen molar-refractivity contribution in [3.63, 3.8) is 0 Å². The van der Waals surface area contributed by atoms with Crippen LogP contribution in [0, 0.1) is 24.2 Å². The predicted molar refractivity (Wildman–Crippen MR) is 117 cm³/mol. The highest BCUT2D eigenvalue weighted by Gasteiger charge is 2.07. The lowest BCUT2D eigenvalue weighted by atomic mass is 9.99. The minimum atomic E-state index is 0.887. The summed E-state index contributed by atoms with van der Waals surface area (Å²) in [4.78, 5) is 0. The third-order valence-corrected chi connectivity index (χ3v) is 6.02. The highest BCUT2D eigenvalue weighted by atomic mass is 32.1. The minimum Gasteiger partial charge on any atom is -0.134 e. The lowest BCUT2D eigenvalue weighted by Crippen LogP contribution is -1.85. The fraction of sp³-hybridized carbons (Fsp3) is 0. The smallest absolute Gasteiger partial charge is 0.0512 e. The van der Waals surface area contributed by atoms with Gasteiger partial charge in [0.2, 0.25) is 0 Å². The first kappa shape index (κ1) is 15.7. The second-order valence-corrected chi connectivity index (χ2v) is 7.44. The summed E-state index contributed by atoms with van der Waals surface area (Å²) in [6.45, 7) is 0. The van der Waals surface area contributed by atoms with Gasteiger partial charge in [0.25, 0.3) is 0 Å². The summed E-state index contributed by atoms with van der Waals surface area (Å²) in [5, 5.41) is 4.74. The van der Waals surface area contributed by atoms with Crippen LogP contribution in [0.3, 0.4) is 0 Å². The van der Waals surface area contributed by atoms with Gasteiger partial charge in [0.1, 0.15) is 0 Å². The third kappa shape index (κ3) is 2.58. The Morgan fingerprint density at radius 2 is 1.30 bits per heavy atom. The maximum Gasteiger partial charge on any atom is 0.0512 e. The summed E-state index contributed by atoms with van der Waals surface area (Å²) < 4.78 is 2.53. The molecule has 0 saturated heterocycles. The summed E-state index contributed by atoms with van der Waals surface area (Å²) in [6, 6.07) is 27.1. The number of benzene rings is 4. The zero-order chi connectivity index (χ0) is 18.2. The van der Waals surface area contributed by atoms with Crippen LogP contribution in [-0.4, -0.2) is 0 Å². The fourth-order valence-electron chi connectivity index (χ4n) is 3.55. The minimum absolute atomic E-state index is 0.887. The van der Waals surface area contributed by atoms with Crippen molar-refractivity contribution in [3.05, 3.63) is 95.6 Å². The van der Waals surface area contributed by atoms with Crippen molar-refractivity contribution in [2.24, 2.45) is 0 Å². The van der Waals surface area contributed by atoms with E-state index in [1.165, 1.54) is 20.2 Å². The highest BCUT2D eigenvalue weighted by Crippen LogP contribution is 2.35. The topological polar surface area (TPSA) is 0 Å². The SMILES string of the molecule is C#Cc1cccc2cccc(C#Cc3cccc4c3sc3ccccc34)c12. The van der Waals surface area contributed by atoms with Gasteiger partial charge in [-0.2, -0.15) is 0 Å². The molecule has 0 aliphatic heterocycles. The van der Waals surface area contributed by atoms with E-state index in [-0.39, 0.29) is 0 Å². The van der Waals surface area contributed by atoms with Gasteiger partial charge in [0.05, 0.1) is 4.70 Å². The van der Waals surface area contributed by atoms with Crippen LogP contribution in [0.1, 0.15) is 16.7 Å². The maximum atomic E-state index is 5.71. The molecular formula is C26H14S. The van der Waals surface area contributed by atoms with E-state index in [2.05, 4.69) is 72.4 Å². The molecule has 4 aromatic carbocycles. The molecular weight excluding hydrogens is 344 g/mol. The van der Waals surface area contributed by atoms with Gasteiger partial charge in [-0.1, -0.05) is 72.4 Å². The van der Waals surface area contributed by atoms with E-state index in [0.717, 1.165) is 27.5 Å². The number of rotatable bonds is 0. The van der Waals surface area contributed by atoms with Crippen LogP contribution in [-0.2, 0) is 0 Å². The summed E-state index contributed by atoms with van der Waals surface area (Å²) in [6.07, 6.45) is 5.71.